The molecule has 2 aromatic heterocycles. The Morgan fingerprint density at radius 1 is 0.391 bits per heavy atom. The molecule has 302 valence electrons. The van der Waals surface area contributed by atoms with Crippen LogP contribution in [0.2, 0.25) is 0 Å². The SMILES string of the molecule is CC1C=Cc2ccccc2C1c1cc2c(-c3ccc(-c4nc(-c5ccc(-c6ccccc6)cc5)nc(-c5ccc(-c6ccccc6)cc5)n4)cc3)cccc2c2oc3ccccc3c12. The maximum Gasteiger partial charge on any atom is 0.164 e. The summed E-state index contributed by atoms with van der Waals surface area (Å²) in [5.41, 5.74) is 15.4. The van der Waals surface area contributed by atoms with Gasteiger partial charge in [-0.15, -0.1) is 0 Å². The number of allylic oxidation sites excluding steroid dienone is 1. The van der Waals surface area contributed by atoms with E-state index in [1.165, 1.54) is 38.6 Å². The fourth-order valence-electron chi connectivity index (χ4n) is 9.66. The lowest BCUT2D eigenvalue weighted by molar-refractivity contribution is 0.622. The number of fused-ring (bicyclic) bond motifs is 6. The Balaban J connectivity index is 0.973. The predicted molar refractivity (Wildman–Crippen MR) is 264 cm³/mol. The van der Waals surface area contributed by atoms with Gasteiger partial charge in [0.2, 0.25) is 0 Å². The Labute approximate surface area is 371 Å². The summed E-state index contributed by atoms with van der Waals surface area (Å²) in [6.07, 6.45) is 4.63. The number of nitrogens with zero attached hydrogens (tertiary/aromatic N) is 3. The lowest BCUT2D eigenvalue weighted by Crippen LogP contribution is -2.14. The van der Waals surface area contributed by atoms with Crippen LogP contribution in [-0.2, 0) is 0 Å². The highest BCUT2D eigenvalue weighted by Crippen LogP contribution is 2.48. The van der Waals surface area contributed by atoms with Crippen molar-refractivity contribution in [1.82, 2.24) is 15.0 Å². The smallest absolute Gasteiger partial charge is 0.164 e. The van der Waals surface area contributed by atoms with Crippen molar-refractivity contribution in [2.45, 2.75) is 12.8 Å². The molecule has 2 unspecified atom stereocenters. The Kier molecular flexibility index (Phi) is 9.15. The molecule has 0 saturated carbocycles. The van der Waals surface area contributed by atoms with Crippen LogP contribution in [0, 0.1) is 5.92 Å². The molecule has 1 aliphatic carbocycles. The Morgan fingerprint density at radius 2 is 0.875 bits per heavy atom. The molecule has 0 N–H and O–H groups in total. The van der Waals surface area contributed by atoms with Gasteiger partial charge in [0, 0.05) is 38.8 Å². The fraction of sp³-hybridized carbons (Fsp3) is 0.0500. The molecule has 0 fully saturated rings. The maximum atomic E-state index is 6.80. The quantitative estimate of drug-likeness (QED) is 0.161. The molecule has 0 bridgehead atoms. The van der Waals surface area contributed by atoms with Gasteiger partial charge < -0.3 is 4.42 Å². The summed E-state index contributed by atoms with van der Waals surface area (Å²) in [4.78, 5) is 15.3. The second-order valence-electron chi connectivity index (χ2n) is 16.8. The number of benzene rings is 9. The molecule has 0 aliphatic heterocycles. The highest BCUT2D eigenvalue weighted by Gasteiger charge is 2.29. The molecular weight excluding hydrogens is 779 g/mol. The van der Waals surface area contributed by atoms with Gasteiger partial charge in [0.25, 0.3) is 0 Å². The van der Waals surface area contributed by atoms with E-state index < -0.39 is 0 Å². The third kappa shape index (κ3) is 6.59. The topological polar surface area (TPSA) is 51.8 Å². The summed E-state index contributed by atoms with van der Waals surface area (Å²) in [6.45, 7) is 2.33. The number of hydrogen-bond acceptors (Lipinski definition) is 4. The molecule has 0 radical (unpaired) electrons. The molecule has 0 amide bonds. The van der Waals surface area contributed by atoms with Gasteiger partial charge >= 0.3 is 0 Å². The normalized spacial score (nSPS) is 14.6. The largest absolute Gasteiger partial charge is 0.455 e. The highest BCUT2D eigenvalue weighted by atomic mass is 16.3. The Hall–Kier alpha value is -8.21. The summed E-state index contributed by atoms with van der Waals surface area (Å²) in [5.74, 6) is 2.34. The number of hydrogen-bond donors (Lipinski definition) is 0. The Morgan fingerprint density at radius 3 is 1.48 bits per heavy atom. The minimum absolute atomic E-state index is 0.167. The summed E-state index contributed by atoms with van der Waals surface area (Å²) >= 11 is 0. The van der Waals surface area contributed by atoms with E-state index in [9.17, 15) is 0 Å². The molecule has 1 aliphatic rings. The molecule has 4 nitrogen and oxygen atoms in total. The lowest BCUT2D eigenvalue weighted by Gasteiger charge is -2.29. The van der Waals surface area contributed by atoms with Crippen LogP contribution >= 0.6 is 0 Å². The van der Waals surface area contributed by atoms with Gasteiger partial charge in [-0.3, -0.25) is 0 Å². The van der Waals surface area contributed by atoms with E-state index in [4.69, 9.17) is 19.4 Å². The first-order chi connectivity index (χ1) is 31.6. The Bertz CT molecular complexity index is 3440. The summed E-state index contributed by atoms with van der Waals surface area (Å²) in [6, 6.07) is 72.7. The molecule has 9 aromatic carbocycles. The standard InChI is InChI=1S/C60H41N3O/c1-38-23-24-43-17-8-9-18-49(43)55(38)53-37-52-48(20-12-21-50(52)57-56(53)51-19-10-11-22-54(51)64-57)44-29-35-47(36-30-44)60-62-58(45-31-25-41(26-32-45)39-13-4-2-5-14-39)61-59(63-60)46-33-27-42(28-34-46)40-15-6-3-7-16-40/h2-38,55H,1H3. The first-order valence-corrected chi connectivity index (χ1v) is 22.0. The average molecular weight is 820 g/mol. The second-order valence-corrected chi connectivity index (χ2v) is 16.8. The van der Waals surface area contributed by atoms with Gasteiger partial charge in [-0.25, -0.2) is 15.0 Å². The zero-order valence-corrected chi connectivity index (χ0v) is 35.2. The average Bonchev–Trinajstić information content (AvgIpc) is 3.77. The van der Waals surface area contributed by atoms with E-state index in [1.807, 2.05) is 12.1 Å². The molecule has 12 rings (SSSR count). The van der Waals surface area contributed by atoms with Crippen LogP contribution in [-0.4, -0.2) is 15.0 Å². The highest BCUT2D eigenvalue weighted by molar-refractivity contribution is 6.19. The van der Waals surface area contributed by atoms with Gasteiger partial charge in [0.1, 0.15) is 11.2 Å². The van der Waals surface area contributed by atoms with Crippen molar-refractivity contribution in [2.75, 3.05) is 0 Å². The second kappa shape index (κ2) is 15.6. The number of furan rings is 1. The zero-order valence-electron chi connectivity index (χ0n) is 35.2. The molecule has 64 heavy (non-hydrogen) atoms. The van der Waals surface area contributed by atoms with Gasteiger partial charge in [0.05, 0.1) is 0 Å². The van der Waals surface area contributed by atoms with E-state index in [0.29, 0.717) is 23.4 Å². The van der Waals surface area contributed by atoms with Crippen LogP contribution in [0.5, 0.6) is 0 Å². The van der Waals surface area contributed by atoms with E-state index in [1.54, 1.807) is 0 Å². The van der Waals surface area contributed by atoms with Crippen molar-refractivity contribution >= 4 is 38.8 Å². The van der Waals surface area contributed by atoms with Crippen molar-refractivity contribution in [2.24, 2.45) is 5.92 Å². The van der Waals surface area contributed by atoms with Crippen LogP contribution in [0.15, 0.2) is 217 Å². The van der Waals surface area contributed by atoms with E-state index in [2.05, 4.69) is 213 Å². The first-order valence-electron chi connectivity index (χ1n) is 22.0. The lowest BCUT2D eigenvalue weighted by atomic mass is 9.74. The van der Waals surface area contributed by atoms with Crippen LogP contribution in [0.25, 0.3) is 106 Å². The van der Waals surface area contributed by atoms with Crippen molar-refractivity contribution in [1.29, 1.82) is 0 Å². The van der Waals surface area contributed by atoms with Gasteiger partial charge in [-0.05, 0) is 73.5 Å². The minimum Gasteiger partial charge on any atom is -0.455 e. The maximum absolute atomic E-state index is 6.80. The van der Waals surface area contributed by atoms with E-state index >= 15 is 0 Å². The predicted octanol–water partition coefficient (Wildman–Crippen LogP) is 15.7. The van der Waals surface area contributed by atoms with Crippen LogP contribution < -0.4 is 0 Å². The summed E-state index contributed by atoms with van der Waals surface area (Å²) in [7, 11) is 0. The molecule has 11 aromatic rings. The van der Waals surface area contributed by atoms with Gasteiger partial charge in [-0.1, -0.05) is 213 Å². The fourth-order valence-corrected chi connectivity index (χ4v) is 9.66. The third-order valence-corrected chi connectivity index (χ3v) is 12.9. The summed E-state index contributed by atoms with van der Waals surface area (Å²) in [5, 5.41) is 4.62. The van der Waals surface area contributed by atoms with E-state index in [-0.39, 0.29) is 5.92 Å². The number of aromatic nitrogens is 3. The van der Waals surface area contributed by atoms with Crippen molar-refractivity contribution in [3.05, 3.63) is 229 Å². The van der Waals surface area contributed by atoms with Gasteiger partial charge in [-0.2, -0.15) is 0 Å². The molecule has 2 atom stereocenters. The first kappa shape index (κ1) is 37.5. The molecule has 4 heteroatoms. The monoisotopic (exact) mass is 819 g/mol. The van der Waals surface area contributed by atoms with Crippen molar-refractivity contribution < 1.29 is 4.42 Å². The van der Waals surface area contributed by atoms with Crippen LogP contribution in [0.1, 0.15) is 29.5 Å². The minimum atomic E-state index is 0.167. The molecule has 2 heterocycles. The summed E-state index contributed by atoms with van der Waals surface area (Å²) < 4.78 is 6.80. The third-order valence-electron chi connectivity index (χ3n) is 12.9. The van der Waals surface area contributed by atoms with Crippen LogP contribution in [0.3, 0.4) is 0 Å². The molecular formula is C60H41N3O. The van der Waals surface area contributed by atoms with Gasteiger partial charge in [0.15, 0.2) is 17.5 Å². The number of para-hydroxylation sites is 1. The van der Waals surface area contributed by atoms with E-state index in [0.717, 1.165) is 60.9 Å². The molecule has 0 spiro atoms. The van der Waals surface area contributed by atoms with Crippen LogP contribution in [0.4, 0.5) is 0 Å². The van der Waals surface area contributed by atoms with Crippen molar-refractivity contribution in [3.63, 3.8) is 0 Å². The zero-order chi connectivity index (χ0) is 42.6. The van der Waals surface area contributed by atoms with Crippen molar-refractivity contribution in [3.8, 4) is 67.5 Å². The molecule has 0 saturated heterocycles. The number of rotatable bonds is 7.